The highest BCUT2D eigenvalue weighted by atomic mass is 15.3. The first kappa shape index (κ1) is 9.95. The molecule has 0 aromatic heterocycles. The van der Waals surface area contributed by atoms with E-state index < -0.39 is 0 Å². The molecule has 0 aromatic rings. The first-order valence-corrected chi connectivity index (χ1v) is 5.70. The third-order valence-electron chi connectivity index (χ3n) is 3.22. The van der Waals surface area contributed by atoms with Gasteiger partial charge in [0.25, 0.3) is 0 Å². The van der Waals surface area contributed by atoms with Gasteiger partial charge in [0.2, 0.25) is 0 Å². The molecule has 0 unspecified atom stereocenters. The summed E-state index contributed by atoms with van der Waals surface area (Å²) in [6.45, 7) is 7.03. The maximum atomic E-state index is 8.49. The summed E-state index contributed by atoms with van der Waals surface area (Å²) in [6.07, 6.45) is 3.59. The summed E-state index contributed by atoms with van der Waals surface area (Å²) in [6, 6.07) is 2.21. The molecule has 0 spiro atoms. The Hall–Kier alpha value is -0.590. The van der Waals surface area contributed by atoms with Crippen LogP contribution in [0.3, 0.4) is 0 Å². The number of nitriles is 1. The lowest BCUT2D eigenvalue weighted by Gasteiger charge is -2.34. The zero-order valence-corrected chi connectivity index (χ0v) is 8.78. The molecular weight excluding hydrogens is 174 g/mol. The number of hydrogen-bond acceptors (Lipinski definition) is 3. The standard InChI is InChI=1S/C11H19N3/c12-4-1-5-13-6-8-14(9-7-13)10-11-2-3-11/h11H,1-3,5-10H2. The van der Waals surface area contributed by atoms with Gasteiger partial charge in [0.05, 0.1) is 6.07 Å². The number of rotatable bonds is 4. The van der Waals surface area contributed by atoms with Crippen LogP contribution < -0.4 is 0 Å². The van der Waals surface area contributed by atoms with Crippen molar-refractivity contribution in [2.45, 2.75) is 19.3 Å². The van der Waals surface area contributed by atoms with Gasteiger partial charge in [-0.1, -0.05) is 0 Å². The Morgan fingerprint density at radius 1 is 1.07 bits per heavy atom. The Morgan fingerprint density at radius 2 is 1.71 bits per heavy atom. The third kappa shape index (κ3) is 2.97. The van der Waals surface area contributed by atoms with E-state index in [1.54, 1.807) is 0 Å². The lowest BCUT2D eigenvalue weighted by molar-refractivity contribution is 0.130. The minimum Gasteiger partial charge on any atom is -0.301 e. The zero-order valence-electron chi connectivity index (χ0n) is 8.78. The van der Waals surface area contributed by atoms with E-state index in [9.17, 15) is 0 Å². The lowest BCUT2D eigenvalue weighted by Crippen LogP contribution is -2.47. The minimum atomic E-state index is 0.683. The normalized spacial score (nSPS) is 24.8. The highest BCUT2D eigenvalue weighted by Crippen LogP contribution is 2.29. The Bertz CT molecular complexity index is 209. The van der Waals surface area contributed by atoms with Crippen molar-refractivity contribution in [1.29, 1.82) is 5.26 Å². The van der Waals surface area contributed by atoms with Crippen molar-refractivity contribution in [3.63, 3.8) is 0 Å². The van der Waals surface area contributed by atoms with E-state index in [-0.39, 0.29) is 0 Å². The van der Waals surface area contributed by atoms with Gasteiger partial charge in [-0.05, 0) is 18.8 Å². The van der Waals surface area contributed by atoms with E-state index in [1.165, 1.54) is 32.5 Å². The van der Waals surface area contributed by atoms with Gasteiger partial charge in [0, 0.05) is 45.7 Å². The van der Waals surface area contributed by atoms with Gasteiger partial charge < -0.3 is 4.90 Å². The molecule has 0 bridgehead atoms. The fraction of sp³-hybridized carbons (Fsp3) is 0.909. The van der Waals surface area contributed by atoms with Crippen LogP contribution in [0.15, 0.2) is 0 Å². The average molecular weight is 193 g/mol. The molecule has 1 heterocycles. The average Bonchev–Trinajstić information content (AvgIpc) is 3.01. The molecule has 0 radical (unpaired) electrons. The summed E-state index contributed by atoms with van der Waals surface area (Å²) >= 11 is 0. The van der Waals surface area contributed by atoms with E-state index in [0.29, 0.717) is 6.42 Å². The molecular formula is C11H19N3. The van der Waals surface area contributed by atoms with E-state index >= 15 is 0 Å². The molecule has 2 aliphatic rings. The highest BCUT2D eigenvalue weighted by Gasteiger charge is 2.26. The highest BCUT2D eigenvalue weighted by molar-refractivity contribution is 4.81. The monoisotopic (exact) mass is 193 g/mol. The van der Waals surface area contributed by atoms with Crippen LogP contribution in [-0.2, 0) is 0 Å². The number of piperazine rings is 1. The Morgan fingerprint density at radius 3 is 2.29 bits per heavy atom. The van der Waals surface area contributed by atoms with Gasteiger partial charge in [0.15, 0.2) is 0 Å². The Kier molecular flexibility index (Phi) is 3.39. The second-order valence-corrected chi connectivity index (χ2v) is 4.49. The first-order chi connectivity index (χ1) is 6.88. The molecule has 0 amide bonds. The molecule has 1 aliphatic heterocycles. The SMILES string of the molecule is N#CCCN1CCN(CC2CC2)CC1. The molecule has 0 aromatic carbocycles. The predicted molar refractivity (Wildman–Crippen MR) is 55.8 cm³/mol. The lowest BCUT2D eigenvalue weighted by atomic mass is 10.2. The Balaban J connectivity index is 1.61. The quantitative estimate of drug-likeness (QED) is 0.665. The first-order valence-electron chi connectivity index (χ1n) is 5.70. The van der Waals surface area contributed by atoms with Crippen molar-refractivity contribution in [3.8, 4) is 6.07 Å². The van der Waals surface area contributed by atoms with Gasteiger partial charge >= 0.3 is 0 Å². The summed E-state index contributed by atoms with van der Waals surface area (Å²) in [7, 11) is 0. The molecule has 0 atom stereocenters. The zero-order chi connectivity index (χ0) is 9.80. The minimum absolute atomic E-state index is 0.683. The van der Waals surface area contributed by atoms with Crippen LogP contribution in [0, 0.1) is 17.2 Å². The van der Waals surface area contributed by atoms with Crippen molar-refractivity contribution in [2.24, 2.45) is 5.92 Å². The van der Waals surface area contributed by atoms with Crippen molar-refractivity contribution in [2.75, 3.05) is 39.3 Å². The van der Waals surface area contributed by atoms with Gasteiger partial charge in [-0.25, -0.2) is 0 Å². The number of nitrogens with zero attached hydrogens (tertiary/aromatic N) is 3. The maximum Gasteiger partial charge on any atom is 0.0635 e. The van der Waals surface area contributed by atoms with Crippen LogP contribution in [0.1, 0.15) is 19.3 Å². The van der Waals surface area contributed by atoms with Crippen LogP contribution in [0.2, 0.25) is 0 Å². The second-order valence-electron chi connectivity index (χ2n) is 4.49. The molecule has 1 aliphatic carbocycles. The van der Waals surface area contributed by atoms with Gasteiger partial charge in [0.1, 0.15) is 0 Å². The number of hydrogen-bond donors (Lipinski definition) is 0. The van der Waals surface area contributed by atoms with Crippen molar-refractivity contribution >= 4 is 0 Å². The topological polar surface area (TPSA) is 30.3 Å². The van der Waals surface area contributed by atoms with E-state index in [1.807, 2.05) is 0 Å². The maximum absolute atomic E-state index is 8.49. The molecule has 3 nitrogen and oxygen atoms in total. The van der Waals surface area contributed by atoms with E-state index in [0.717, 1.165) is 25.6 Å². The van der Waals surface area contributed by atoms with Crippen molar-refractivity contribution in [3.05, 3.63) is 0 Å². The summed E-state index contributed by atoms with van der Waals surface area (Å²) in [5, 5.41) is 8.49. The van der Waals surface area contributed by atoms with Gasteiger partial charge in [-0.15, -0.1) is 0 Å². The molecule has 1 saturated heterocycles. The van der Waals surface area contributed by atoms with Crippen LogP contribution in [-0.4, -0.2) is 49.1 Å². The fourth-order valence-electron chi connectivity index (χ4n) is 2.07. The van der Waals surface area contributed by atoms with E-state index in [2.05, 4.69) is 15.9 Å². The van der Waals surface area contributed by atoms with Crippen molar-refractivity contribution in [1.82, 2.24) is 9.80 Å². The summed E-state index contributed by atoms with van der Waals surface area (Å²) in [5.74, 6) is 1.01. The largest absolute Gasteiger partial charge is 0.301 e. The molecule has 2 fully saturated rings. The van der Waals surface area contributed by atoms with Crippen LogP contribution in [0.4, 0.5) is 0 Å². The fourth-order valence-corrected chi connectivity index (χ4v) is 2.07. The molecule has 1 saturated carbocycles. The van der Waals surface area contributed by atoms with Gasteiger partial charge in [-0.3, -0.25) is 4.90 Å². The van der Waals surface area contributed by atoms with Gasteiger partial charge in [-0.2, -0.15) is 5.26 Å². The summed E-state index contributed by atoms with van der Waals surface area (Å²) in [4.78, 5) is 4.99. The van der Waals surface area contributed by atoms with Crippen molar-refractivity contribution < 1.29 is 0 Å². The molecule has 0 N–H and O–H groups in total. The Labute approximate surface area is 86.3 Å². The molecule has 78 valence electrons. The summed E-state index contributed by atoms with van der Waals surface area (Å²) in [5.41, 5.74) is 0. The van der Waals surface area contributed by atoms with E-state index in [4.69, 9.17) is 5.26 Å². The van der Waals surface area contributed by atoms with Crippen LogP contribution >= 0.6 is 0 Å². The smallest absolute Gasteiger partial charge is 0.0635 e. The molecule has 14 heavy (non-hydrogen) atoms. The second kappa shape index (κ2) is 4.77. The predicted octanol–water partition coefficient (Wildman–Crippen LogP) is 0.928. The molecule has 3 heteroatoms. The van der Waals surface area contributed by atoms with Crippen LogP contribution in [0.5, 0.6) is 0 Å². The third-order valence-corrected chi connectivity index (χ3v) is 3.22. The summed E-state index contributed by atoms with van der Waals surface area (Å²) < 4.78 is 0. The van der Waals surface area contributed by atoms with Crippen LogP contribution in [0.25, 0.3) is 0 Å². The molecule has 2 rings (SSSR count).